The van der Waals surface area contributed by atoms with Gasteiger partial charge in [0.25, 0.3) is 11.8 Å². The fourth-order valence-corrected chi connectivity index (χ4v) is 3.34. The molecule has 0 spiro atoms. The van der Waals surface area contributed by atoms with Gasteiger partial charge < -0.3 is 20.7 Å². The number of allylic oxidation sites excluding steroid dienone is 1. The third-order valence-corrected chi connectivity index (χ3v) is 5.43. The number of rotatable bonds is 6. The maximum absolute atomic E-state index is 14.3. The minimum absolute atomic E-state index is 0.0147. The van der Waals surface area contributed by atoms with Crippen LogP contribution in [0.1, 0.15) is 31.4 Å². The summed E-state index contributed by atoms with van der Waals surface area (Å²) in [6.07, 6.45) is 2.47. The highest BCUT2D eigenvalue weighted by Crippen LogP contribution is 2.32. The number of nitrogens with one attached hydrogen (secondary N) is 3. The number of amides is 2. The van der Waals surface area contributed by atoms with Gasteiger partial charge in [-0.15, -0.1) is 0 Å². The van der Waals surface area contributed by atoms with Gasteiger partial charge in [0, 0.05) is 19.7 Å². The molecular formula is C26H29FN4O3. The minimum atomic E-state index is -0.577. The van der Waals surface area contributed by atoms with Crippen molar-refractivity contribution < 1.29 is 18.7 Å². The summed E-state index contributed by atoms with van der Waals surface area (Å²) in [5.74, 6) is -0.667. The van der Waals surface area contributed by atoms with Gasteiger partial charge >= 0.3 is 0 Å². The SMILES string of the molecule is CC/C(C)=C(/N/C(Cc1ccccc1)=N\C)C(=O)N/C=C1/COc2cc(C)cc(F)c2NC1=O. The van der Waals surface area contributed by atoms with Gasteiger partial charge in [-0.2, -0.15) is 0 Å². The first-order valence-electron chi connectivity index (χ1n) is 11.0. The van der Waals surface area contributed by atoms with Gasteiger partial charge in [0.15, 0.2) is 5.82 Å². The van der Waals surface area contributed by atoms with Gasteiger partial charge in [-0.05, 0) is 49.1 Å². The zero-order valence-corrected chi connectivity index (χ0v) is 19.8. The van der Waals surface area contributed by atoms with Crippen LogP contribution in [0, 0.1) is 12.7 Å². The molecular weight excluding hydrogens is 435 g/mol. The lowest BCUT2D eigenvalue weighted by atomic mass is 10.1. The van der Waals surface area contributed by atoms with E-state index in [0.717, 1.165) is 11.1 Å². The van der Waals surface area contributed by atoms with E-state index in [4.69, 9.17) is 4.74 Å². The molecule has 0 saturated heterocycles. The molecule has 34 heavy (non-hydrogen) atoms. The minimum Gasteiger partial charge on any atom is -0.486 e. The van der Waals surface area contributed by atoms with Crippen molar-refractivity contribution in [3.05, 3.63) is 82.5 Å². The Bertz CT molecular complexity index is 1170. The van der Waals surface area contributed by atoms with Crippen molar-refractivity contribution in [1.29, 1.82) is 0 Å². The molecule has 1 aliphatic heterocycles. The quantitative estimate of drug-likeness (QED) is 0.342. The monoisotopic (exact) mass is 464 g/mol. The topological polar surface area (TPSA) is 91.8 Å². The van der Waals surface area contributed by atoms with E-state index in [1.807, 2.05) is 44.2 Å². The molecule has 0 atom stereocenters. The number of anilines is 1. The zero-order valence-electron chi connectivity index (χ0n) is 19.8. The molecule has 1 aliphatic rings. The zero-order chi connectivity index (χ0) is 24.7. The summed E-state index contributed by atoms with van der Waals surface area (Å²) in [7, 11) is 1.66. The highest BCUT2D eigenvalue weighted by Gasteiger charge is 2.23. The van der Waals surface area contributed by atoms with Crippen molar-refractivity contribution in [3.8, 4) is 5.75 Å². The van der Waals surface area contributed by atoms with Crippen LogP contribution in [0.2, 0.25) is 0 Å². The first-order valence-corrected chi connectivity index (χ1v) is 11.0. The molecule has 0 aliphatic carbocycles. The largest absolute Gasteiger partial charge is 0.486 e. The normalized spacial score (nSPS) is 15.5. The van der Waals surface area contributed by atoms with Crippen molar-refractivity contribution in [1.82, 2.24) is 10.6 Å². The maximum atomic E-state index is 14.3. The number of fused-ring (bicyclic) bond motifs is 1. The standard InChI is InChI=1S/C26H29FN4O3/c1-5-17(3)23(30-22(28-4)13-18-9-7-6-8-10-18)26(33)29-14-19-15-34-21-12-16(2)11-20(27)24(21)31-25(19)32/h6-12,14H,5,13,15H2,1-4H3,(H,28,30)(H,29,33)(H,31,32)/b19-14-,23-17+. The predicted octanol–water partition coefficient (Wildman–Crippen LogP) is 4.01. The van der Waals surface area contributed by atoms with Crippen LogP contribution >= 0.6 is 0 Å². The Morgan fingerprint density at radius 3 is 2.68 bits per heavy atom. The average Bonchev–Trinajstić information content (AvgIpc) is 2.98. The third-order valence-electron chi connectivity index (χ3n) is 5.43. The number of benzene rings is 2. The van der Waals surface area contributed by atoms with Gasteiger partial charge in [0.05, 0.1) is 5.57 Å². The summed E-state index contributed by atoms with van der Waals surface area (Å²) in [5.41, 5.74) is 3.06. The Labute approximate surface area is 198 Å². The molecule has 0 aromatic heterocycles. The third kappa shape index (κ3) is 6.10. The van der Waals surface area contributed by atoms with Gasteiger partial charge in [-0.3, -0.25) is 14.6 Å². The Hall–Kier alpha value is -3.94. The van der Waals surface area contributed by atoms with Crippen LogP contribution < -0.4 is 20.7 Å². The molecule has 0 bridgehead atoms. The Balaban J connectivity index is 1.75. The van der Waals surface area contributed by atoms with Crippen LogP contribution in [-0.4, -0.2) is 31.3 Å². The predicted molar refractivity (Wildman–Crippen MR) is 131 cm³/mol. The van der Waals surface area contributed by atoms with E-state index >= 15 is 0 Å². The molecule has 7 nitrogen and oxygen atoms in total. The summed E-state index contributed by atoms with van der Waals surface area (Å²) in [6.45, 7) is 5.42. The van der Waals surface area contributed by atoms with Crippen molar-refractivity contribution >= 4 is 23.3 Å². The maximum Gasteiger partial charge on any atom is 0.271 e. The van der Waals surface area contributed by atoms with Crippen LogP contribution in [0.15, 0.2) is 70.5 Å². The molecule has 2 aromatic rings. The molecule has 1 heterocycles. The summed E-state index contributed by atoms with van der Waals surface area (Å²) < 4.78 is 19.9. The first kappa shape index (κ1) is 24.7. The summed E-state index contributed by atoms with van der Waals surface area (Å²) in [5, 5.41) is 8.33. The number of amidine groups is 1. The van der Waals surface area contributed by atoms with Crippen LogP contribution in [0.5, 0.6) is 5.75 Å². The van der Waals surface area contributed by atoms with Crippen molar-refractivity contribution in [3.63, 3.8) is 0 Å². The summed E-state index contributed by atoms with van der Waals surface area (Å²) >= 11 is 0. The Kier molecular flexibility index (Phi) is 8.19. The second-order valence-corrected chi connectivity index (χ2v) is 7.97. The number of hydrogen-bond acceptors (Lipinski definition) is 4. The number of nitrogens with zero attached hydrogens (tertiary/aromatic N) is 1. The number of carbonyl (C=O) groups is 2. The van der Waals surface area contributed by atoms with E-state index in [0.29, 0.717) is 29.9 Å². The van der Waals surface area contributed by atoms with Gasteiger partial charge in [-0.25, -0.2) is 4.39 Å². The van der Waals surface area contributed by atoms with E-state index in [1.165, 1.54) is 12.3 Å². The highest BCUT2D eigenvalue weighted by atomic mass is 19.1. The van der Waals surface area contributed by atoms with Crippen LogP contribution in [0.4, 0.5) is 10.1 Å². The molecule has 3 rings (SSSR count). The van der Waals surface area contributed by atoms with E-state index in [1.54, 1.807) is 20.0 Å². The van der Waals surface area contributed by atoms with E-state index in [-0.39, 0.29) is 23.6 Å². The van der Waals surface area contributed by atoms with E-state index in [9.17, 15) is 14.0 Å². The van der Waals surface area contributed by atoms with E-state index < -0.39 is 17.6 Å². The Morgan fingerprint density at radius 1 is 1.26 bits per heavy atom. The van der Waals surface area contributed by atoms with Crippen molar-refractivity contribution in [2.24, 2.45) is 4.99 Å². The van der Waals surface area contributed by atoms with Crippen LogP contribution in [0.3, 0.4) is 0 Å². The smallest absolute Gasteiger partial charge is 0.271 e. The molecule has 0 saturated carbocycles. The number of aliphatic imine (C=N–C) groups is 1. The summed E-state index contributed by atoms with van der Waals surface area (Å²) in [4.78, 5) is 29.9. The van der Waals surface area contributed by atoms with Gasteiger partial charge in [0.1, 0.15) is 29.6 Å². The lowest BCUT2D eigenvalue weighted by molar-refractivity contribution is -0.116. The second-order valence-electron chi connectivity index (χ2n) is 7.97. The number of carbonyl (C=O) groups excluding carboxylic acids is 2. The lowest BCUT2D eigenvalue weighted by Crippen LogP contribution is -2.35. The fraction of sp³-hybridized carbons (Fsp3) is 0.269. The highest BCUT2D eigenvalue weighted by molar-refractivity contribution is 6.06. The number of ether oxygens (including phenoxy) is 1. The molecule has 8 heteroatoms. The summed E-state index contributed by atoms with van der Waals surface area (Å²) in [6, 6.07) is 12.8. The number of hydrogen-bond donors (Lipinski definition) is 3. The van der Waals surface area contributed by atoms with E-state index in [2.05, 4.69) is 20.9 Å². The number of halogens is 1. The molecule has 2 amide bonds. The van der Waals surface area contributed by atoms with Crippen molar-refractivity contribution in [2.45, 2.75) is 33.6 Å². The van der Waals surface area contributed by atoms with Crippen LogP contribution in [-0.2, 0) is 16.0 Å². The van der Waals surface area contributed by atoms with Crippen LogP contribution in [0.25, 0.3) is 0 Å². The molecule has 178 valence electrons. The molecule has 0 unspecified atom stereocenters. The van der Waals surface area contributed by atoms with Gasteiger partial charge in [0.2, 0.25) is 0 Å². The average molecular weight is 465 g/mol. The molecule has 0 radical (unpaired) electrons. The molecule has 0 fully saturated rings. The molecule has 2 aromatic carbocycles. The first-order chi connectivity index (χ1) is 16.3. The van der Waals surface area contributed by atoms with Gasteiger partial charge in [-0.1, -0.05) is 37.3 Å². The molecule has 3 N–H and O–H groups in total. The number of aryl methyl sites for hydroxylation is 1. The lowest BCUT2D eigenvalue weighted by Gasteiger charge is -2.15. The van der Waals surface area contributed by atoms with Crippen molar-refractivity contribution in [2.75, 3.05) is 19.0 Å². The second kappa shape index (κ2) is 11.3. The Morgan fingerprint density at radius 2 is 2.00 bits per heavy atom. The fourth-order valence-electron chi connectivity index (χ4n) is 3.34.